The Labute approximate surface area is 121 Å². The Kier molecular flexibility index (Phi) is 4.39. The number of benzene rings is 1. The molecule has 0 saturated heterocycles. The van der Waals surface area contributed by atoms with Gasteiger partial charge in [-0.1, -0.05) is 30.7 Å². The minimum Gasteiger partial charge on any atom is -0.396 e. The van der Waals surface area contributed by atoms with Crippen LogP contribution in [0.25, 0.3) is 0 Å². The Hall–Kier alpha value is -0.900. The molecule has 0 amide bonds. The van der Waals surface area contributed by atoms with Crippen LogP contribution in [-0.4, -0.2) is 24.3 Å². The van der Waals surface area contributed by atoms with E-state index in [-0.39, 0.29) is 6.04 Å². The second-order valence-electron chi connectivity index (χ2n) is 6.34. The van der Waals surface area contributed by atoms with Gasteiger partial charge >= 0.3 is 0 Å². The van der Waals surface area contributed by atoms with Crippen molar-refractivity contribution >= 4 is 0 Å². The number of hydrogen-bond donors (Lipinski definition) is 3. The summed E-state index contributed by atoms with van der Waals surface area (Å²) in [4.78, 5) is 0. The van der Waals surface area contributed by atoms with E-state index in [1.807, 2.05) is 0 Å². The average molecular weight is 274 g/mol. The Morgan fingerprint density at radius 1 is 1.20 bits per heavy atom. The number of hydrogen-bond acceptors (Lipinski definition) is 3. The minimum atomic E-state index is 0.226. The van der Waals surface area contributed by atoms with E-state index < -0.39 is 0 Å². The van der Waals surface area contributed by atoms with E-state index in [2.05, 4.69) is 29.6 Å². The third-order valence-corrected chi connectivity index (χ3v) is 4.93. The molecule has 0 heterocycles. The molecule has 110 valence electrons. The molecule has 1 aromatic rings. The lowest BCUT2D eigenvalue weighted by Crippen LogP contribution is -2.40. The summed E-state index contributed by atoms with van der Waals surface area (Å²) in [6.07, 6.45) is 6.14. The number of nitrogens with one attached hydrogen (secondary N) is 1. The molecule has 3 atom stereocenters. The summed E-state index contributed by atoms with van der Waals surface area (Å²) in [5, 5.41) is 13.2. The number of rotatable bonds is 6. The molecule has 0 aliphatic heterocycles. The molecule has 2 saturated carbocycles. The highest BCUT2D eigenvalue weighted by atomic mass is 16.3. The molecule has 3 rings (SSSR count). The third kappa shape index (κ3) is 2.90. The van der Waals surface area contributed by atoms with Gasteiger partial charge in [-0.2, -0.15) is 0 Å². The van der Waals surface area contributed by atoms with E-state index in [4.69, 9.17) is 5.73 Å². The number of nitrogens with two attached hydrogens (primary N) is 1. The summed E-state index contributed by atoms with van der Waals surface area (Å²) in [6.45, 7) is 0.914. The zero-order valence-electron chi connectivity index (χ0n) is 12.1. The van der Waals surface area contributed by atoms with Crippen molar-refractivity contribution < 1.29 is 5.11 Å². The molecule has 0 radical (unpaired) electrons. The van der Waals surface area contributed by atoms with Crippen LogP contribution in [-0.2, 0) is 0 Å². The highest BCUT2D eigenvalue weighted by Crippen LogP contribution is 2.43. The van der Waals surface area contributed by atoms with Crippen molar-refractivity contribution in [3.63, 3.8) is 0 Å². The summed E-state index contributed by atoms with van der Waals surface area (Å²) in [5.41, 5.74) is 8.89. The van der Waals surface area contributed by atoms with Crippen molar-refractivity contribution in [2.45, 2.75) is 50.1 Å². The predicted molar refractivity (Wildman–Crippen MR) is 81.6 cm³/mol. The molecule has 3 heteroatoms. The third-order valence-electron chi connectivity index (χ3n) is 4.93. The van der Waals surface area contributed by atoms with Gasteiger partial charge in [-0.25, -0.2) is 0 Å². The average Bonchev–Trinajstić information content (AvgIpc) is 3.24. The molecule has 2 aliphatic rings. The largest absolute Gasteiger partial charge is 0.396 e. The second-order valence-corrected chi connectivity index (χ2v) is 6.34. The Morgan fingerprint density at radius 2 is 2.00 bits per heavy atom. The van der Waals surface area contributed by atoms with Crippen LogP contribution in [0.2, 0.25) is 0 Å². The highest BCUT2D eigenvalue weighted by Gasteiger charge is 2.31. The summed E-state index contributed by atoms with van der Waals surface area (Å²) in [5.74, 6) is 1.15. The van der Waals surface area contributed by atoms with Gasteiger partial charge < -0.3 is 16.2 Å². The van der Waals surface area contributed by atoms with Gasteiger partial charge in [-0.3, -0.25) is 0 Å². The molecular formula is C17H26N2O. The van der Waals surface area contributed by atoms with Crippen LogP contribution in [0.15, 0.2) is 24.3 Å². The first-order chi connectivity index (χ1) is 9.83. The molecule has 1 aromatic carbocycles. The van der Waals surface area contributed by atoms with E-state index >= 15 is 0 Å². The van der Waals surface area contributed by atoms with Crippen molar-refractivity contribution in [2.75, 3.05) is 13.2 Å². The number of aliphatic hydroxyl groups excluding tert-OH is 1. The van der Waals surface area contributed by atoms with Gasteiger partial charge in [-0.15, -0.1) is 0 Å². The second kappa shape index (κ2) is 6.25. The van der Waals surface area contributed by atoms with Crippen LogP contribution < -0.4 is 11.1 Å². The van der Waals surface area contributed by atoms with Crippen LogP contribution in [0.1, 0.15) is 55.2 Å². The monoisotopic (exact) mass is 274 g/mol. The van der Waals surface area contributed by atoms with E-state index in [1.165, 1.54) is 30.4 Å². The van der Waals surface area contributed by atoms with Crippen LogP contribution in [0.4, 0.5) is 0 Å². The molecule has 3 unspecified atom stereocenters. The van der Waals surface area contributed by atoms with Gasteiger partial charge in [0.1, 0.15) is 0 Å². The Balaban J connectivity index is 1.76. The van der Waals surface area contributed by atoms with Crippen LogP contribution in [0.3, 0.4) is 0 Å². The maximum atomic E-state index is 9.47. The molecule has 4 N–H and O–H groups in total. The molecular weight excluding hydrogens is 248 g/mol. The molecule has 0 spiro atoms. The fraction of sp³-hybridized carbons (Fsp3) is 0.647. The maximum absolute atomic E-state index is 9.47. The van der Waals surface area contributed by atoms with Gasteiger partial charge in [0.2, 0.25) is 0 Å². The van der Waals surface area contributed by atoms with E-state index in [0.29, 0.717) is 25.1 Å². The molecule has 2 fully saturated rings. The summed E-state index contributed by atoms with van der Waals surface area (Å²) >= 11 is 0. The van der Waals surface area contributed by atoms with Crippen LogP contribution in [0.5, 0.6) is 0 Å². The highest BCUT2D eigenvalue weighted by molar-refractivity contribution is 5.35. The van der Waals surface area contributed by atoms with Gasteiger partial charge in [0.15, 0.2) is 0 Å². The van der Waals surface area contributed by atoms with Crippen molar-refractivity contribution in [3.8, 4) is 0 Å². The van der Waals surface area contributed by atoms with Crippen LogP contribution >= 0.6 is 0 Å². The Bertz CT molecular complexity index is 444. The Morgan fingerprint density at radius 3 is 2.70 bits per heavy atom. The molecule has 0 aromatic heterocycles. The van der Waals surface area contributed by atoms with Gasteiger partial charge in [0.05, 0.1) is 0 Å². The SMILES string of the molecule is NCC(NC1CCCC1CO)c1ccccc1C1CC1. The fourth-order valence-corrected chi connectivity index (χ4v) is 3.61. The van der Waals surface area contributed by atoms with Crippen molar-refractivity contribution in [3.05, 3.63) is 35.4 Å². The van der Waals surface area contributed by atoms with Crippen LogP contribution in [0, 0.1) is 5.92 Å². The molecule has 20 heavy (non-hydrogen) atoms. The summed E-state index contributed by atoms with van der Waals surface area (Å²) < 4.78 is 0. The van der Waals surface area contributed by atoms with Crippen molar-refractivity contribution in [1.82, 2.24) is 5.32 Å². The topological polar surface area (TPSA) is 58.3 Å². The minimum absolute atomic E-state index is 0.226. The first-order valence-corrected chi connectivity index (χ1v) is 7.99. The summed E-state index contributed by atoms with van der Waals surface area (Å²) in [6, 6.07) is 9.38. The smallest absolute Gasteiger partial charge is 0.0474 e. The maximum Gasteiger partial charge on any atom is 0.0474 e. The lowest BCUT2D eigenvalue weighted by Gasteiger charge is -2.27. The van der Waals surface area contributed by atoms with Gasteiger partial charge in [0.25, 0.3) is 0 Å². The van der Waals surface area contributed by atoms with Gasteiger partial charge in [-0.05, 0) is 48.6 Å². The first-order valence-electron chi connectivity index (χ1n) is 7.99. The lowest BCUT2D eigenvalue weighted by molar-refractivity contribution is 0.199. The zero-order chi connectivity index (χ0) is 13.9. The zero-order valence-corrected chi connectivity index (χ0v) is 12.1. The molecule has 0 bridgehead atoms. The number of aliphatic hydroxyl groups is 1. The quantitative estimate of drug-likeness (QED) is 0.746. The van der Waals surface area contributed by atoms with Gasteiger partial charge in [0, 0.05) is 25.2 Å². The van der Waals surface area contributed by atoms with Crippen molar-refractivity contribution in [1.29, 1.82) is 0 Å². The molecule has 2 aliphatic carbocycles. The van der Waals surface area contributed by atoms with E-state index in [1.54, 1.807) is 0 Å². The first kappa shape index (κ1) is 14.1. The summed E-state index contributed by atoms with van der Waals surface area (Å²) in [7, 11) is 0. The molecule has 3 nitrogen and oxygen atoms in total. The predicted octanol–water partition coefficient (Wildman–Crippen LogP) is 2.31. The van der Waals surface area contributed by atoms with Crippen molar-refractivity contribution in [2.24, 2.45) is 11.7 Å². The lowest BCUT2D eigenvalue weighted by atomic mass is 9.95. The van der Waals surface area contributed by atoms with E-state index in [0.717, 1.165) is 18.8 Å². The normalized spacial score (nSPS) is 27.7. The fourth-order valence-electron chi connectivity index (χ4n) is 3.61. The van der Waals surface area contributed by atoms with E-state index in [9.17, 15) is 5.11 Å². The standard InChI is InChI=1S/C17H26N2O/c18-10-17(19-16-7-3-4-13(16)11-20)15-6-2-1-5-14(15)12-8-9-12/h1-2,5-6,12-13,16-17,19-20H,3-4,7-11,18H2.